The molecule has 270 valence electrons. The fourth-order valence-corrected chi connectivity index (χ4v) is 7.97. The number of unbranched alkanes of at least 4 members (excludes halogenated alkanes) is 10. The number of pyridine rings is 4. The van der Waals surface area contributed by atoms with Gasteiger partial charge in [-0.15, -0.1) is 0 Å². The molecule has 5 aromatic heterocycles. The number of hydrogen-bond donors (Lipinski definition) is 0. The predicted octanol–water partition coefficient (Wildman–Crippen LogP) is 13.3. The maximum absolute atomic E-state index is 5.06. The van der Waals surface area contributed by atoms with E-state index < -0.39 is 0 Å². The van der Waals surface area contributed by atoms with E-state index in [1.54, 1.807) is 0 Å². The van der Waals surface area contributed by atoms with Gasteiger partial charge in [0.25, 0.3) is 0 Å². The SMILES string of the molecule is CCCCCCCCCCCCn1c2c(-c3ccccn3)cc(-c3ccccn3)cc2c2cc(-c3ccccn3)c(CCCC)c(-c3ccccn3)c21. The largest absolute Gasteiger partial charge is 0.339 e. The fraction of sp³-hybridized carbons (Fsp3) is 0.333. The van der Waals surface area contributed by atoms with Crippen LogP contribution in [0.5, 0.6) is 0 Å². The second-order valence-corrected chi connectivity index (χ2v) is 14.4. The van der Waals surface area contributed by atoms with Gasteiger partial charge >= 0.3 is 0 Å². The molecule has 0 bridgehead atoms. The number of aromatic nitrogens is 5. The molecule has 0 saturated carbocycles. The Morgan fingerprint density at radius 1 is 0.453 bits per heavy atom. The minimum Gasteiger partial charge on any atom is -0.339 e. The average Bonchev–Trinajstić information content (AvgIpc) is 3.53. The molecule has 0 saturated heterocycles. The zero-order valence-corrected chi connectivity index (χ0v) is 31.6. The van der Waals surface area contributed by atoms with Gasteiger partial charge in [0.05, 0.1) is 33.8 Å². The van der Waals surface area contributed by atoms with Gasteiger partial charge in [0.15, 0.2) is 0 Å². The first kappa shape index (κ1) is 36.2. The van der Waals surface area contributed by atoms with Crippen molar-refractivity contribution < 1.29 is 0 Å². The second-order valence-electron chi connectivity index (χ2n) is 14.4. The lowest BCUT2D eigenvalue weighted by molar-refractivity contribution is 0.541. The van der Waals surface area contributed by atoms with Crippen LogP contribution in [0.1, 0.15) is 96.5 Å². The van der Waals surface area contributed by atoms with E-state index in [-0.39, 0.29) is 0 Å². The van der Waals surface area contributed by atoms with Crippen LogP contribution in [0.2, 0.25) is 0 Å². The van der Waals surface area contributed by atoms with Gasteiger partial charge in [0, 0.05) is 64.4 Å². The van der Waals surface area contributed by atoms with Gasteiger partial charge in [0.2, 0.25) is 0 Å². The molecule has 0 N–H and O–H groups in total. The minimum atomic E-state index is 0.926. The Morgan fingerprint density at radius 3 is 1.53 bits per heavy atom. The molecule has 5 heteroatoms. The summed E-state index contributed by atoms with van der Waals surface area (Å²) in [6.45, 7) is 5.50. The lowest BCUT2D eigenvalue weighted by Gasteiger charge is -2.19. The molecular weight excluding hydrogens is 647 g/mol. The van der Waals surface area contributed by atoms with E-state index in [9.17, 15) is 0 Å². The second kappa shape index (κ2) is 18.1. The molecule has 7 rings (SSSR count). The van der Waals surface area contributed by atoms with E-state index in [0.29, 0.717) is 0 Å². The lowest BCUT2D eigenvalue weighted by Crippen LogP contribution is -2.04. The van der Waals surface area contributed by atoms with Crippen LogP contribution >= 0.6 is 0 Å². The van der Waals surface area contributed by atoms with Crippen molar-refractivity contribution in [3.05, 3.63) is 121 Å². The van der Waals surface area contributed by atoms with Crippen LogP contribution in [0.25, 0.3) is 66.8 Å². The van der Waals surface area contributed by atoms with Crippen molar-refractivity contribution in [1.29, 1.82) is 0 Å². The van der Waals surface area contributed by atoms with Crippen LogP contribution in [-0.4, -0.2) is 24.5 Å². The highest BCUT2D eigenvalue weighted by molar-refractivity contribution is 6.18. The van der Waals surface area contributed by atoms with Gasteiger partial charge < -0.3 is 4.57 Å². The summed E-state index contributed by atoms with van der Waals surface area (Å²) in [4.78, 5) is 19.8. The Hall–Kier alpha value is -5.16. The summed E-state index contributed by atoms with van der Waals surface area (Å²) in [5, 5.41) is 2.44. The third-order valence-electron chi connectivity index (χ3n) is 10.6. The van der Waals surface area contributed by atoms with Gasteiger partial charge in [0.1, 0.15) is 0 Å². The van der Waals surface area contributed by atoms with Crippen molar-refractivity contribution in [1.82, 2.24) is 24.5 Å². The van der Waals surface area contributed by atoms with Crippen LogP contribution in [0.15, 0.2) is 116 Å². The van der Waals surface area contributed by atoms with Crippen LogP contribution in [0.3, 0.4) is 0 Å². The Balaban J connectivity index is 1.47. The van der Waals surface area contributed by atoms with Crippen LogP contribution < -0.4 is 0 Å². The van der Waals surface area contributed by atoms with E-state index in [0.717, 1.165) is 66.1 Å². The molecular formula is C48H53N5. The van der Waals surface area contributed by atoms with E-state index in [4.69, 9.17) is 19.9 Å². The van der Waals surface area contributed by atoms with Crippen molar-refractivity contribution >= 4 is 21.8 Å². The topological polar surface area (TPSA) is 56.5 Å². The minimum absolute atomic E-state index is 0.926. The number of nitrogens with zero attached hydrogens (tertiary/aromatic N) is 5. The van der Waals surface area contributed by atoms with Crippen molar-refractivity contribution in [2.75, 3.05) is 0 Å². The zero-order chi connectivity index (χ0) is 36.2. The van der Waals surface area contributed by atoms with Crippen molar-refractivity contribution in [3.63, 3.8) is 0 Å². The summed E-state index contributed by atoms with van der Waals surface area (Å²) in [5.41, 5.74) is 12.4. The maximum Gasteiger partial charge on any atom is 0.0726 e. The van der Waals surface area contributed by atoms with Crippen LogP contribution in [0.4, 0.5) is 0 Å². The molecule has 5 heterocycles. The number of hydrogen-bond acceptors (Lipinski definition) is 4. The number of aryl methyl sites for hydroxylation is 1. The van der Waals surface area contributed by atoms with E-state index in [2.05, 4.69) is 85.1 Å². The summed E-state index contributed by atoms with van der Waals surface area (Å²) in [6, 6.07) is 32.1. The fourth-order valence-electron chi connectivity index (χ4n) is 7.97. The average molecular weight is 700 g/mol. The molecule has 5 nitrogen and oxygen atoms in total. The summed E-state index contributed by atoms with van der Waals surface area (Å²) in [5.74, 6) is 0. The first-order chi connectivity index (χ1) is 26.3. The summed E-state index contributed by atoms with van der Waals surface area (Å²) in [6.07, 6.45) is 23.9. The number of benzene rings is 2. The van der Waals surface area contributed by atoms with Gasteiger partial charge in [-0.25, -0.2) is 0 Å². The predicted molar refractivity (Wildman–Crippen MR) is 223 cm³/mol. The van der Waals surface area contributed by atoms with Gasteiger partial charge in [-0.05, 0) is 91.6 Å². The molecule has 53 heavy (non-hydrogen) atoms. The highest BCUT2D eigenvalue weighted by Crippen LogP contribution is 2.46. The highest BCUT2D eigenvalue weighted by Gasteiger charge is 2.25. The smallest absolute Gasteiger partial charge is 0.0726 e. The van der Waals surface area contributed by atoms with E-state index in [1.165, 1.54) is 96.3 Å². The molecule has 0 spiro atoms. The van der Waals surface area contributed by atoms with Crippen LogP contribution in [0, 0.1) is 0 Å². The third-order valence-corrected chi connectivity index (χ3v) is 10.6. The normalized spacial score (nSPS) is 11.5. The first-order valence-electron chi connectivity index (χ1n) is 20.1. The first-order valence-corrected chi connectivity index (χ1v) is 20.1. The van der Waals surface area contributed by atoms with Crippen molar-refractivity contribution in [2.24, 2.45) is 0 Å². The molecule has 0 amide bonds. The molecule has 0 atom stereocenters. The lowest BCUT2D eigenvalue weighted by atomic mass is 9.89. The standard InChI is InChI=1S/C48H53N5/c1-3-5-7-8-9-10-11-12-13-22-32-53-47-39(33-36(42-24-14-18-28-49-42)34-41(47)44-26-16-20-30-51-44)40-35-38(43-25-15-19-29-50-43)37(23-6-4-2)46(48(40)53)45-27-17-21-31-52-45/h14-21,24-31,33-35H,3-13,22-23,32H2,1-2H3. The number of rotatable bonds is 18. The molecule has 0 radical (unpaired) electrons. The van der Waals surface area contributed by atoms with Gasteiger partial charge in [-0.1, -0.05) is 102 Å². The molecule has 0 aliphatic carbocycles. The Morgan fingerprint density at radius 2 is 0.962 bits per heavy atom. The third kappa shape index (κ3) is 8.25. The molecule has 2 aromatic carbocycles. The Labute approximate surface area is 315 Å². The number of fused-ring (bicyclic) bond motifs is 3. The van der Waals surface area contributed by atoms with Crippen LogP contribution in [-0.2, 0) is 13.0 Å². The van der Waals surface area contributed by atoms with Gasteiger partial charge in [-0.2, -0.15) is 0 Å². The molecule has 0 aliphatic heterocycles. The maximum atomic E-state index is 5.06. The van der Waals surface area contributed by atoms with Crippen molar-refractivity contribution in [2.45, 2.75) is 104 Å². The Bertz CT molecular complexity index is 2190. The van der Waals surface area contributed by atoms with E-state index >= 15 is 0 Å². The molecule has 0 fully saturated rings. The Kier molecular flexibility index (Phi) is 12.3. The summed E-state index contributed by atoms with van der Waals surface area (Å²) in [7, 11) is 0. The monoisotopic (exact) mass is 699 g/mol. The summed E-state index contributed by atoms with van der Waals surface area (Å²) < 4.78 is 2.63. The molecule has 7 aromatic rings. The quantitative estimate of drug-likeness (QED) is 0.0837. The summed E-state index contributed by atoms with van der Waals surface area (Å²) >= 11 is 0. The van der Waals surface area contributed by atoms with E-state index in [1.807, 2.05) is 49.1 Å². The zero-order valence-electron chi connectivity index (χ0n) is 31.6. The van der Waals surface area contributed by atoms with Crippen molar-refractivity contribution in [3.8, 4) is 45.0 Å². The highest BCUT2D eigenvalue weighted by atomic mass is 15.0. The molecule has 0 unspecified atom stereocenters. The van der Waals surface area contributed by atoms with Gasteiger partial charge in [-0.3, -0.25) is 19.9 Å². The molecule has 0 aliphatic rings.